The fraction of sp³-hybridized carbons (Fsp3) is 0.450. The van der Waals surface area contributed by atoms with Gasteiger partial charge in [0.2, 0.25) is 0 Å². The summed E-state index contributed by atoms with van der Waals surface area (Å²) in [7, 11) is 0. The number of H-pyrrole nitrogens is 1. The molecule has 2 aromatic heterocycles. The maximum Gasteiger partial charge on any atom is 0.153 e. The predicted molar refractivity (Wildman–Crippen MR) is 107 cm³/mol. The molecule has 142 valence electrons. The number of ether oxygens (including phenoxy) is 1. The molecule has 0 amide bonds. The minimum atomic E-state index is 0.712. The van der Waals surface area contributed by atoms with Crippen LogP contribution in [-0.2, 0) is 0 Å². The normalized spacial score (nSPS) is 14.7. The van der Waals surface area contributed by atoms with Gasteiger partial charge in [0.25, 0.3) is 0 Å². The van der Waals surface area contributed by atoms with Gasteiger partial charge in [-0.3, -0.25) is 5.10 Å². The Labute approximate surface area is 159 Å². The maximum atomic E-state index is 5.95. The number of anilines is 2. The number of nitrogens with zero attached hydrogens (tertiary/aromatic N) is 4. The summed E-state index contributed by atoms with van der Waals surface area (Å²) in [6, 6.07) is 7.92. The quantitative estimate of drug-likeness (QED) is 0.622. The molecule has 1 aliphatic rings. The van der Waals surface area contributed by atoms with E-state index in [4.69, 9.17) is 4.74 Å². The molecule has 0 spiro atoms. The molecule has 2 N–H and O–H groups in total. The minimum absolute atomic E-state index is 0.712. The Morgan fingerprint density at radius 1 is 1.15 bits per heavy atom. The number of likely N-dealkylation sites (tertiary alicyclic amines) is 1. The van der Waals surface area contributed by atoms with Crippen molar-refractivity contribution in [1.82, 2.24) is 25.1 Å². The number of hydrogen-bond acceptors (Lipinski definition) is 6. The number of aromatic nitrogens is 4. The molecule has 1 aromatic carbocycles. The molecule has 3 heterocycles. The van der Waals surface area contributed by atoms with Crippen molar-refractivity contribution in [2.75, 3.05) is 31.6 Å². The van der Waals surface area contributed by atoms with Gasteiger partial charge in [-0.2, -0.15) is 5.10 Å². The molecule has 3 aromatic rings. The Morgan fingerprint density at radius 2 is 2.00 bits per heavy atom. The van der Waals surface area contributed by atoms with Gasteiger partial charge < -0.3 is 15.0 Å². The molecule has 1 aliphatic heterocycles. The number of aromatic amines is 1. The van der Waals surface area contributed by atoms with Crippen LogP contribution in [0.25, 0.3) is 10.9 Å². The van der Waals surface area contributed by atoms with E-state index in [1.807, 2.05) is 38.1 Å². The summed E-state index contributed by atoms with van der Waals surface area (Å²) < 4.78 is 5.95. The van der Waals surface area contributed by atoms with Crippen LogP contribution in [0.5, 0.6) is 5.75 Å². The Morgan fingerprint density at radius 3 is 2.78 bits per heavy atom. The van der Waals surface area contributed by atoms with Gasteiger partial charge in [-0.15, -0.1) is 0 Å². The monoisotopic (exact) mass is 366 g/mol. The van der Waals surface area contributed by atoms with E-state index >= 15 is 0 Å². The summed E-state index contributed by atoms with van der Waals surface area (Å²) in [6.07, 6.45) is 3.71. The summed E-state index contributed by atoms with van der Waals surface area (Å²) in [4.78, 5) is 11.6. The number of rotatable bonds is 7. The summed E-state index contributed by atoms with van der Waals surface area (Å²) >= 11 is 0. The molecular formula is C20H26N6O. The minimum Gasteiger partial charge on any atom is -0.493 e. The lowest BCUT2D eigenvalue weighted by Gasteiger charge is -2.14. The van der Waals surface area contributed by atoms with Crippen LogP contribution in [0.1, 0.15) is 30.8 Å². The summed E-state index contributed by atoms with van der Waals surface area (Å²) in [6.45, 7) is 8.17. The van der Waals surface area contributed by atoms with E-state index in [1.54, 1.807) is 0 Å². The van der Waals surface area contributed by atoms with Crippen molar-refractivity contribution < 1.29 is 4.74 Å². The highest BCUT2D eigenvalue weighted by Gasteiger charge is 2.11. The van der Waals surface area contributed by atoms with E-state index in [1.165, 1.54) is 25.9 Å². The molecule has 0 aliphatic carbocycles. The molecule has 0 unspecified atom stereocenters. The molecule has 0 atom stereocenters. The Kier molecular flexibility index (Phi) is 5.20. The van der Waals surface area contributed by atoms with Gasteiger partial charge in [0.05, 0.1) is 12.1 Å². The van der Waals surface area contributed by atoms with Crippen LogP contribution in [0.4, 0.5) is 11.6 Å². The smallest absolute Gasteiger partial charge is 0.153 e. The highest BCUT2D eigenvalue weighted by atomic mass is 16.5. The predicted octanol–water partition coefficient (Wildman–Crippen LogP) is 3.58. The fourth-order valence-electron chi connectivity index (χ4n) is 3.50. The Bertz CT molecular complexity index is 916. The van der Waals surface area contributed by atoms with E-state index in [-0.39, 0.29) is 0 Å². The largest absolute Gasteiger partial charge is 0.493 e. The van der Waals surface area contributed by atoms with Crippen molar-refractivity contribution in [2.24, 2.45) is 0 Å². The van der Waals surface area contributed by atoms with Crippen molar-refractivity contribution in [3.05, 3.63) is 35.8 Å². The number of fused-ring (bicyclic) bond motifs is 1. The Hall–Kier alpha value is -2.67. The zero-order chi connectivity index (χ0) is 18.6. The van der Waals surface area contributed by atoms with Crippen LogP contribution < -0.4 is 10.1 Å². The third-order valence-corrected chi connectivity index (χ3v) is 4.82. The second-order valence-corrected chi connectivity index (χ2v) is 7.11. The third-order valence-electron chi connectivity index (χ3n) is 4.82. The van der Waals surface area contributed by atoms with Gasteiger partial charge in [-0.1, -0.05) is 0 Å². The van der Waals surface area contributed by atoms with Crippen LogP contribution >= 0.6 is 0 Å². The highest BCUT2D eigenvalue weighted by molar-refractivity contribution is 5.91. The lowest BCUT2D eigenvalue weighted by molar-refractivity contribution is 0.263. The standard InChI is InChI=1S/C20H26N6O/c1-14-12-19(25-24-14)23-20-17-7-6-16(13-18(17)21-15(2)22-20)27-11-5-10-26-8-3-4-9-26/h6-7,12-13H,3-5,8-11H2,1-2H3,(H2,21,22,23,24,25). The van der Waals surface area contributed by atoms with E-state index < -0.39 is 0 Å². The summed E-state index contributed by atoms with van der Waals surface area (Å²) in [5.41, 5.74) is 1.87. The summed E-state index contributed by atoms with van der Waals surface area (Å²) in [5.74, 6) is 3.06. The molecular weight excluding hydrogens is 340 g/mol. The van der Waals surface area contributed by atoms with Crippen LogP contribution in [0.3, 0.4) is 0 Å². The summed E-state index contributed by atoms with van der Waals surface area (Å²) in [5, 5.41) is 11.4. The average molecular weight is 366 g/mol. The van der Waals surface area contributed by atoms with Gasteiger partial charge in [0, 0.05) is 29.8 Å². The van der Waals surface area contributed by atoms with Gasteiger partial charge in [-0.05, 0) is 58.3 Å². The first-order valence-corrected chi connectivity index (χ1v) is 9.60. The van der Waals surface area contributed by atoms with Crippen LogP contribution in [0.2, 0.25) is 0 Å². The SMILES string of the molecule is Cc1nc(Nc2cc(C)[nH]n2)c2ccc(OCCCN3CCCC3)cc2n1. The average Bonchev–Trinajstić information content (AvgIpc) is 3.30. The van der Waals surface area contributed by atoms with E-state index in [0.717, 1.165) is 53.6 Å². The third kappa shape index (κ3) is 4.36. The van der Waals surface area contributed by atoms with Gasteiger partial charge in [-0.25, -0.2) is 9.97 Å². The number of aryl methyl sites for hydroxylation is 2. The fourth-order valence-corrected chi connectivity index (χ4v) is 3.50. The zero-order valence-electron chi connectivity index (χ0n) is 16.0. The number of benzene rings is 1. The highest BCUT2D eigenvalue weighted by Crippen LogP contribution is 2.26. The van der Waals surface area contributed by atoms with Crippen LogP contribution in [0.15, 0.2) is 24.3 Å². The first kappa shape index (κ1) is 17.7. The van der Waals surface area contributed by atoms with Crippen LogP contribution in [0, 0.1) is 13.8 Å². The second-order valence-electron chi connectivity index (χ2n) is 7.11. The van der Waals surface area contributed by atoms with Crippen LogP contribution in [-0.4, -0.2) is 51.3 Å². The van der Waals surface area contributed by atoms with Crippen molar-refractivity contribution in [3.8, 4) is 5.75 Å². The molecule has 1 fully saturated rings. The van der Waals surface area contributed by atoms with Gasteiger partial charge in [0.15, 0.2) is 5.82 Å². The molecule has 0 saturated carbocycles. The lowest BCUT2D eigenvalue weighted by Crippen LogP contribution is -2.21. The van der Waals surface area contributed by atoms with E-state index in [9.17, 15) is 0 Å². The lowest BCUT2D eigenvalue weighted by atomic mass is 10.2. The van der Waals surface area contributed by atoms with Gasteiger partial charge in [0.1, 0.15) is 17.4 Å². The van der Waals surface area contributed by atoms with Crippen molar-refractivity contribution in [1.29, 1.82) is 0 Å². The number of hydrogen-bond donors (Lipinski definition) is 2. The van der Waals surface area contributed by atoms with Gasteiger partial charge >= 0.3 is 0 Å². The van der Waals surface area contributed by atoms with E-state index in [0.29, 0.717) is 5.82 Å². The molecule has 1 saturated heterocycles. The first-order chi connectivity index (χ1) is 13.2. The van der Waals surface area contributed by atoms with Crippen molar-refractivity contribution >= 4 is 22.5 Å². The van der Waals surface area contributed by atoms with E-state index in [2.05, 4.69) is 30.4 Å². The van der Waals surface area contributed by atoms with Crippen molar-refractivity contribution in [3.63, 3.8) is 0 Å². The molecule has 7 heteroatoms. The molecule has 7 nitrogen and oxygen atoms in total. The van der Waals surface area contributed by atoms with Crippen molar-refractivity contribution in [2.45, 2.75) is 33.1 Å². The Balaban J connectivity index is 1.45. The first-order valence-electron chi connectivity index (χ1n) is 9.60. The topological polar surface area (TPSA) is 79.0 Å². The molecule has 4 rings (SSSR count). The molecule has 0 radical (unpaired) electrons. The number of nitrogens with one attached hydrogen (secondary N) is 2. The zero-order valence-corrected chi connectivity index (χ0v) is 16.0. The second kappa shape index (κ2) is 7.92. The molecule has 0 bridgehead atoms. The maximum absolute atomic E-state index is 5.95. The molecule has 27 heavy (non-hydrogen) atoms.